The van der Waals surface area contributed by atoms with E-state index in [0.717, 1.165) is 67.5 Å². The minimum atomic E-state index is -4.60. The maximum atomic E-state index is 13.1. The minimum Gasteiger partial charge on any atom is -0.492 e. The van der Waals surface area contributed by atoms with Gasteiger partial charge >= 0.3 is 6.18 Å². The van der Waals surface area contributed by atoms with Crippen LogP contribution in [0.4, 0.5) is 19.0 Å². The number of carbonyl (C=O) groups is 2. The lowest BCUT2D eigenvalue weighted by molar-refractivity contribution is -0.139. The molecule has 2 amide bonds. The highest BCUT2D eigenvalue weighted by atomic mass is 19.4. The summed E-state index contributed by atoms with van der Waals surface area (Å²) in [6, 6.07) is 10.9. The zero-order chi connectivity index (χ0) is 31.7. The summed E-state index contributed by atoms with van der Waals surface area (Å²) in [5, 5.41) is 2.79. The molecule has 10 nitrogen and oxygen atoms in total. The first-order valence-corrected chi connectivity index (χ1v) is 14.9. The summed E-state index contributed by atoms with van der Waals surface area (Å²) in [6.45, 7) is 4.31. The number of nitrogens with zero attached hydrogens (tertiary/aromatic N) is 3. The number of hydrogen-bond donors (Lipinski definition) is 2. The average Bonchev–Trinajstić information content (AvgIpc) is 3.69. The molecule has 4 heterocycles. The van der Waals surface area contributed by atoms with E-state index in [-0.39, 0.29) is 23.8 Å². The maximum Gasteiger partial charge on any atom is 0.419 e. The van der Waals surface area contributed by atoms with Gasteiger partial charge in [-0.1, -0.05) is 0 Å². The van der Waals surface area contributed by atoms with Crippen LogP contribution in [0.5, 0.6) is 23.0 Å². The number of alkyl halides is 3. The second kappa shape index (κ2) is 12.6. The van der Waals surface area contributed by atoms with Crippen LogP contribution in [-0.4, -0.2) is 79.1 Å². The summed E-state index contributed by atoms with van der Waals surface area (Å²) in [5.74, 6) is 2.53. The van der Waals surface area contributed by atoms with E-state index in [1.165, 1.54) is 11.6 Å². The normalized spacial score (nSPS) is 20.4. The lowest BCUT2D eigenvalue weighted by Gasteiger charge is -2.32. The molecule has 3 aliphatic heterocycles. The fourth-order valence-electron chi connectivity index (χ4n) is 5.65. The zero-order valence-electron chi connectivity index (χ0n) is 24.7. The number of likely N-dealkylation sites (N-methyl/N-ethyl adjacent to an activating group) is 1. The minimum absolute atomic E-state index is 0.00612. The Morgan fingerprint density at radius 3 is 2.64 bits per heavy atom. The SMILES string of the molecule is CN1CCN(CCOc2ccc(C(N)=O)cc2C(F)(F)F)CC1.O=C1CCc2c(Oc3ccc4c(c3)C3CC3O4)ccnc2N1. The molecule has 238 valence electrons. The standard InChI is InChI=1S/C17H14N2O3.C15H20F3N3O2/c20-16-4-2-10-14(5-6-18-17(10)19-16)21-9-1-3-13-11(7-9)12-8-15(12)22-13;1-20-4-6-21(7-5-20)8-9-23-13-3-2-11(14(19)22)10-12(13)15(16,17)18/h1,3,5-7,12,15H,2,4,8H2,(H,18,19,20);2-3,10H,4-9H2,1H3,(H2,19,22). The maximum absolute atomic E-state index is 13.1. The van der Waals surface area contributed by atoms with Gasteiger partial charge in [0.2, 0.25) is 11.8 Å². The quantitative estimate of drug-likeness (QED) is 0.396. The molecule has 3 aromatic rings. The van der Waals surface area contributed by atoms with Crippen molar-refractivity contribution in [2.75, 3.05) is 51.7 Å². The Morgan fingerprint density at radius 1 is 1.09 bits per heavy atom. The van der Waals surface area contributed by atoms with Gasteiger partial charge in [-0.2, -0.15) is 13.2 Å². The molecule has 1 aliphatic carbocycles. The summed E-state index contributed by atoms with van der Waals surface area (Å²) in [7, 11) is 2.03. The Kier molecular flexibility index (Phi) is 8.56. The molecule has 1 aromatic heterocycles. The third-order valence-electron chi connectivity index (χ3n) is 8.32. The Bertz CT molecular complexity index is 1590. The van der Waals surface area contributed by atoms with E-state index in [2.05, 4.69) is 26.2 Å². The van der Waals surface area contributed by atoms with Gasteiger partial charge in [0.25, 0.3) is 0 Å². The molecule has 7 rings (SSSR count). The Labute approximate surface area is 258 Å². The fraction of sp³-hybridized carbons (Fsp3) is 0.406. The zero-order valence-corrected chi connectivity index (χ0v) is 24.7. The Balaban J connectivity index is 0.000000159. The van der Waals surface area contributed by atoms with E-state index >= 15 is 0 Å². The number of fused-ring (bicyclic) bond motifs is 4. The van der Waals surface area contributed by atoms with Crippen molar-refractivity contribution in [2.45, 2.75) is 37.5 Å². The van der Waals surface area contributed by atoms with Crippen molar-refractivity contribution in [3.8, 4) is 23.0 Å². The molecule has 2 fully saturated rings. The molecule has 2 atom stereocenters. The molecule has 0 spiro atoms. The summed E-state index contributed by atoms with van der Waals surface area (Å²) < 4.78 is 56.3. The lowest BCUT2D eigenvalue weighted by atomic mass is 10.1. The number of nitrogens with one attached hydrogen (secondary N) is 1. The van der Waals surface area contributed by atoms with Crippen LogP contribution in [0.2, 0.25) is 0 Å². The van der Waals surface area contributed by atoms with Crippen LogP contribution in [0.15, 0.2) is 48.7 Å². The number of primary amides is 1. The predicted molar refractivity (Wildman–Crippen MR) is 159 cm³/mol. The molecule has 2 aromatic carbocycles. The second-order valence-electron chi connectivity index (χ2n) is 11.6. The van der Waals surface area contributed by atoms with Crippen molar-refractivity contribution in [3.05, 3.63) is 70.9 Å². The highest BCUT2D eigenvalue weighted by Gasteiger charge is 2.48. The third-order valence-corrected chi connectivity index (χ3v) is 8.32. The van der Waals surface area contributed by atoms with Gasteiger partial charge in [0, 0.05) is 67.9 Å². The van der Waals surface area contributed by atoms with E-state index in [0.29, 0.717) is 37.2 Å². The van der Waals surface area contributed by atoms with Gasteiger partial charge in [-0.15, -0.1) is 0 Å². The molecule has 2 unspecified atom stereocenters. The van der Waals surface area contributed by atoms with Gasteiger partial charge in [0.15, 0.2) is 0 Å². The van der Waals surface area contributed by atoms with Crippen LogP contribution in [0.3, 0.4) is 0 Å². The Morgan fingerprint density at radius 2 is 1.89 bits per heavy atom. The fourth-order valence-corrected chi connectivity index (χ4v) is 5.65. The molecule has 3 N–H and O–H groups in total. The molecule has 13 heteroatoms. The number of carbonyl (C=O) groups excluding carboxylic acids is 2. The summed E-state index contributed by atoms with van der Waals surface area (Å²) in [4.78, 5) is 31.1. The molecule has 4 aliphatic rings. The highest BCUT2D eigenvalue weighted by Crippen LogP contribution is 2.54. The number of pyridine rings is 1. The smallest absolute Gasteiger partial charge is 0.419 e. The van der Waals surface area contributed by atoms with Crippen LogP contribution in [-0.2, 0) is 17.4 Å². The number of piperazine rings is 1. The summed E-state index contributed by atoms with van der Waals surface area (Å²) >= 11 is 0. The molecule has 45 heavy (non-hydrogen) atoms. The first-order valence-electron chi connectivity index (χ1n) is 14.9. The number of ether oxygens (including phenoxy) is 3. The molecule has 1 saturated heterocycles. The number of nitrogens with two attached hydrogens (primary N) is 1. The van der Waals surface area contributed by atoms with Gasteiger partial charge in [-0.25, -0.2) is 4.98 Å². The van der Waals surface area contributed by atoms with E-state index in [4.69, 9.17) is 19.9 Å². The average molecular weight is 626 g/mol. The second-order valence-corrected chi connectivity index (χ2v) is 11.6. The largest absolute Gasteiger partial charge is 0.492 e. The van der Waals surface area contributed by atoms with Crippen LogP contribution in [0.1, 0.15) is 45.8 Å². The van der Waals surface area contributed by atoms with Crippen molar-refractivity contribution in [2.24, 2.45) is 5.73 Å². The van der Waals surface area contributed by atoms with Crippen molar-refractivity contribution in [3.63, 3.8) is 0 Å². The Hall–Kier alpha value is -4.36. The first kappa shape index (κ1) is 30.7. The van der Waals surface area contributed by atoms with Crippen LogP contribution < -0.4 is 25.3 Å². The topological polar surface area (TPSA) is 119 Å². The molecular weight excluding hydrogens is 591 g/mol. The predicted octanol–water partition coefficient (Wildman–Crippen LogP) is 4.44. The first-order chi connectivity index (χ1) is 21.5. The van der Waals surface area contributed by atoms with Crippen molar-refractivity contribution < 1.29 is 37.0 Å². The number of amides is 2. The van der Waals surface area contributed by atoms with E-state index in [9.17, 15) is 22.8 Å². The number of hydrogen-bond acceptors (Lipinski definition) is 8. The van der Waals surface area contributed by atoms with Crippen LogP contribution in [0.25, 0.3) is 0 Å². The van der Waals surface area contributed by atoms with Gasteiger partial charge in [-0.3, -0.25) is 14.5 Å². The van der Waals surface area contributed by atoms with E-state index in [1.54, 1.807) is 6.20 Å². The number of aromatic nitrogens is 1. The molecule has 0 radical (unpaired) electrons. The van der Waals surface area contributed by atoms with Crippen LogP contribution >= 0.6 is 0 Å². The van der Waals surface area contributed by atoms with Crippen LogP contribution in [0, 0.1) is 0 Å². The van der Waals surface area contributed by atoms with Crippen molar-refractivity contribution in [1.82, 2.24) is 14.8 Å². The summed E-state index contributed by atoms with van der Waals surface area (Å²) in [5.41, 5.74) is 6.07. The number of halogens is 3. The highest BCUT2D eigenvalue weighted by molar-refractivity contribution is 5.93. The van der Waals surface area contributed by atoms with E-state index in [1.807, 2.05) is 25.2 Å². The van der Waals surface area contributed by atoms with E-state index < -0.39 is 17.6 Å². The van der Waals surface area contributed by atoms with Gasteiger partial charge in [0.05, 0.1) is 5.56 Å². The molecular formula is C32H34F3N5O5. The lowest BCUT2D eigenvalue weighted by Crippen LogP contribution is -2.45. The van der Waals surface area contributed by atoms with Gasteiger partial charge in [0.1, 0.15) is 41.5 Å². The van der Waals surface area contributed by atoms with Crippen molar-refractivity contribution >= 4 is 17.6 Å². The number of benzene rings is 2. The third kappa shape index (κ3) is 7.15. The molecule has 0 bridgehead atoms. The number of rotatable bonds is 7. The summed E-state index contributed by atoms with van der Waals surface area (Å²) in [6.07, 6.45) is -0.316. The van der Waals surface area contributed by atoms with Gasteiger partial charge in [-0.05, 0) is 62.4 Å². The van der Waals surface area contributed by atoms with Gasteiger partial charge < -0.3 is 30.2 Å². The van der Waals surface area contributed by atoms with Crippen molar-refractivity contribution in [1.29, 1.82) is 0 Å². The number of anilines is 1. The molecule has 1 saturated carbocycles. The monoisotopic (exact) mass is 625 g/mol.